The third-order valence-corrected chi connectivity index (χ3v) is 3.13. The standard InChI is InChI=1S/C16H26N2O2/c1-5-10-20-13-8-6-12(7-9-13)18-15(19)11-14(17)16(2,3)4/h6-9,14H,5,10-11,17H2,1-4H3,(H,18,19). The Morgan fingerprint density at radius 3 is 2.40 bits per heavy atom. The molecule has 1 atom stereocenters. The van der Waals surface area contributed by atoms with Gasteiger partial charge in [-0.25, -0.2) is 0 Å². The quantitative estimate of drug-likeness (QED) is 0.840. The van der Waals surface area contributed by atoms with Crippen LogP contribution < -0.4 is 15.8 Å². The second-order valence-corrected chi connectivity index (χ2v) is 6.10. The minimum Gasteiger partial charge on any atom is -0.494 e. The van der Waals surface area contributed by atoms with E-state index < -0.39 is 0 Å². The first-order valence-corrected chi connectivity index (χ1v) is 7.11. The van der Waals surface area contributed by atoms with E-state index in [1.807, 2.05) is 45.0 Å². The van der Waals surface area contributed by atoms with Crippen molar-refractivity contribution in [1.82, 2.24) is 0 Å². The number of carbonyl (C=O) groups excluding carboxylic acids is 1. The summed E-state index contributed by atoms with van der Waals surface area (Å²) in [7, 11) is 0. The van der Waals surface area contributed by atoms with Gasteiger partial charge >= 0.3 is 0 Å². The van der Waals surface area contributed by atoms with E-state index in [-0.39, 0.29) is 17.4 Å². The summed E-state index contributed by atoms with van der Waals surface area (Å²) in [6.07, 6.45) is 1.29. The van der Waals surface area contributed by atoms with Crippen LogP contribution >= 0.6 is 0 Å². The lowest BCUT2D eigenvalue weighted by Gasteiger charge is -2.26. The summed E-state index contributed by atoms with van der Waals surface area (Å²) in [6, 6.07) is 7.23. The summed E-state index contributed by atoms with van der Waals surface area (Å²) < 4.78 is 5.49. The Balaban J connectivity index is 2.50. The molecule has 0 fully saturated rings. The van der Waals surface area contributed by atoms with Gasteiger partial charge in [-0.1, -0.05) is 27.7 Å². The van der Waals surface area contributed by atoms with Crippen LogP contribution in [0.4, 0.5) is 5.69 Å². The monoisotopic (exact) mass is 278 g/mol. The van der Waals surface area contributed by atoms with Gasteiger partial charge in [0, 0.05) is 18.2 Å². The van der Waals surface area contributed by atoms with Crippen LogP contribution in [0, 0.1) is 5.41 Å². The molecule has 3 N–H and O–H groups in total. The summed E-state index contributed by atoms with van der Waals surface area (Å²) >= 11 is 0. The first-order valence-electron chi connectivity index (χ1n) is 7.11. The Kier molecular flexibility index (Phi) is 6.02. The van der Waals surface area contributed by atoms with Gasteiger partial charge in [0.15, 0.2) is 0 Å². The Morgan fingerprint density at radius 2 is 1.90 bits per heavy atom. The Bertz CT molecular complexity index is 421. The van der Waals surface area contributed by atoms with Gasteiger partial charge in [0.2, 0.25) is 5.91 Å². The number of hydrogen-bond donors (Lipinski definition) is 2. The van der Waals surface area contributed by atoms with Crippen LogP contribution in [0.15, 0.2) is 24.3 Å². The highest BCUT2D eigenvalue weighted by atomic mass is 16.5. The van der Waals surface area contributed by atoms with Crippen molar-refractivity contribution in [3.05, 3.63) is 24.3 Å². The van der Waals surface area contributed by atoms with Crippen molar-refractivity contribution in [1.29, 1.82) is 0 Å². The van der Waals surface area contributed by atoms with Crippen molar-refractivity contribution in [2.24, 2.45) is 11.1 Å². The molecule has 0 aliphatic heterocycles. The zero-order chi connectivity index (χ0) is 15.2. The van der Waals surface area contributed by atoms with Crippen molar-refractivity contribution in [3.63, 3.8) is 0 Å². The van der Waals surface area contributed by atoms with Crippen molar-refractivity contribution in [3.8, 4) is 5.75 Å². The van der Waals surface area contributed by atoms with E-state index in [9.17, 15) is 4.79 Å². The van der Waals surface area contributed by atoms with Crippen molar-refractivity contribution < 1.29 is 9.53 Å². The number of carbonyl (C=O) groups is 1. The molecule has 0 spiro atoms. The number of hydrogen-bond acceptors (Lipinski definition) is 3. The number of ether oxygens (including phenoxy) is 1. The molecule has 112 valence electrons. The van der Waals surface area contributed by atoms with Gasteiger partial charge in [-0.15, -0.1) is 0 Å². The molecule has 1 unspecified atom stereocenters. The van der Waals surface area contributed by atoms with E-state index in [2.05, 4.69) is 12.2 Å². The molecule has 0 aromatic heterocycles. The summed E-state index contributed by atoms with van der Waals surface area (Å²) in [6.45, 7) is 8.86. The van der Waals surface area contributed by atoms with Crippen LogP contribution in [-0.4, -0.2) is 18.6 Å². The average molecular weight is 278 g/mol. The lowest BCUT2D eigenvalue weighted by molar-refractivity contribution is -0.117. The molecule has 0 radical (unpaired) electrons. The summed E-state index contributed by atoms with van der Waals surface area (Å²) in [5.41, 5.74) is 6.69. The zero-order valence-corrected chi connectivity index (χ0v) is 12.9. The number of benzene rings is 1. The second-order valence-electron chi connectivity index (χ2n) is 6.10. The molecule has 4 nitrogen and oxygen atoms in total. The highest BCUT2D eigenvalue weighted by Crippen LogP contribution is 2.21. The van der Waals surface area contributed by atoms with E-state index in [1.54, 1.807) is 0 Å². The van der Waals surface area contributed by atoms with Crippen LogP contribution in [0.3, 0.4) is 0 Å². The van der Waals surface area contributed by atoms with Gasteiger partial charge in [-0.2, -0.15) is 0 Å². The fourth-order valence-electron chi connectivity index (χ4n) is 1.57. The molecule has 1 amide bonds. The molecule has 20 heavy (non-hydrogen) atoms. The third-order valence-electron chi connectivity index (χ3n) is 3.13. The molecule has 1 rings (SSSR count). The topological polar surface area (TPSA) is 64.3 Å². The predicted octanol–water partition coefficient (Wildman–Crippen LogP) is 3.18. The van der Waals surface area contributed by atoms with Gasteiger partial charge in [-0.3, -0.25) is 4.79 Å². The zero-order valence-electron chi connectivity index (χ0n) is 12.9. The van der Waals surface area contributed by atoms with Gasteiger partial charge < -0.3 is 15.8 Å². The maximum atomic E-state index is 11.9. The number of amides is 1. The Labute approximate surface area is 121 Å². The van der Waals surface area contributed by atoms with Crippen LogP contribution in [0.5, 0.6) is 5.75 Å². The molecule has 0 bridgehead atoms. The first kappa shape index (κ1) is 16.5. The lowest BCUT2D eigenvalue weighted by atomic mass is 9.85. The maximum Gasteiger partial charge on any atom is 0.225 e. The summed E-state index contributed by atoms with van der Waals surface area (Å²) in [5, 5.41) is 2.85. The second kappa shape index (κ2) is 7.29. The van der Waals surface area contributed by atoms with E-state index in [1.165, 1.54) is 0 Å². The molecule has 0 aliphatic carbocycles. The van der Waals surface area contributed by atoms with Crippen LogP contribution in [-0.2, 0) is 4.79 Å². The van der Waals surface area contributed by atoms with Gasteiger partial charge in [0.25, 0.3) is 0 Å². The van der Waals surface area contributed by atoms with Crippen LogP contribution in [0.25, 0.3) is 0 Å². The normalized spacial score (nSPS) is 12.8. The minimum absolute atomic E-state index is 0.0605. The van der Waals surface area contributed by atoms with Crippen molar-refractivity contribution >= 4 is 11.6 Å². The average Bonchev–Trinajstić information content (AvgIpc) is 2.36. The highest BCUT2D eigenvalue weighted by Gasteiger charge is 2.23. The van der Waals surface area contributed by atoms with Crippen molar-refractivity contribution in [2.45, 2.75) is 46.6 Å². The Morgan fingerprint density at radius 1 is 1.30 bits per heavy atom. The summed E-state index contributed by atoms with van der Waals surface area (Å²) in [4.78, 5) is 11.9. The van der Waals surface area contributed by atoms with Gasteiger partial charge in [0.1, 0.15) is 5.75 Å². The SMILES string of the molecule is CCCOc1ccc(NC(=O)CC(N)C(C)(C)C)cc1. The number of anilines is 1. The number of rotatable bonds is 6. The first-order chi connectivity index (χ1) is 9.32. The molecule has 0 saturated carbocycles. The molecule has 0 saturated heterocycles. The van der Waals surface area contributed by atoms with Crippen LogP contribution in [0.2, 0.25) is 0 Å². The number of nitrogens with one attached hydrogen (secondary N) is 1. The van der Waals surface area contributed by atoms with E-state index >= 15 is 0 Å². The fraction of sp³-hybridized carbons (Fsp3) is 0.562. The smallest absolute Gasteiger partial charge is 0.225 e. The third kappa shape index (κ3) is 5.61. The molecule has 1 aromatic carbocycles. The molecular formula is C16H26N2O2. The summed E-state index contributed by atoms with van der Waals surface area (Å²) in [5.74, 6) is 0.755. The molecule has 1 aromatic rings. The van der Waals surface area contributed by atoms with Gasteiger partial charge in [0.05, 0.1) is 6.61 Å². The predicted molar refractivity (Wildman–Crippen MR) is 82.9 cm³/mol. The molecule has 4 heteroatoms. The largest absolute Gasteiger partial charge is 0.494 e. The number of nitrogens with two attached hydrogens (primary N) is 1. The van der Waals surface area contributed by atoms with E-state index in [4.69, 9.17) is 10.5 Å². The molecular weight excluding hydrogens is 252 g/mol. The minimum atomic E-state index is -0.158. The van der Waals surface area contributed by atoms with E-state index in [0.29, 0.717) is 13.0 Å². The van der Waals surface area contributed by atoms with Gasteiger partial charge in [-0.05, 0) is 36.1 Å². The lowest BCUT2D eigenvalue weighted by Crippen LogP contribution is -2.38. The molecule has 0 heterocycles. The van der Waals surface area contributed by atoms with Crippen LogP contribution in [0.1, 0.15) is 40.5 Å². The Hall–Kier alpha value is -1.55. The van der Waals surface area contributed by atoms with Crippen molar-refractivity contribution in [2.75, 3.05) is 11.9 Å². The molecule has 0 aliphatic rings. The maximum absolute atomic E-state index is 11.9. The fourth-order valence-corrected chi connectivity index (χ4v) is 1.57. The van der Waals surface area contributed by atoms with E-state index in [0.717, 1.165) is 17.9 Å². The highest BCUT2D eigenvalue weighted by molar-refractivity contribution is 5.91.